The van der Waals surface area contributed by atoms with Crippen LogP contribution in [0.2, 0.25) is 0 Å². The first kappa shape index (κ1) is 26.7. The van der Waals surface area contributed by atoms with Gasteiger partial charge in [-0.1, -0.05) is 6.58 Å². The molecule has 200 valence electrons. The van der Waals surface area contributed by atoms with Crippen LogP contribution >= 0.6 is 0 Å². The number of carbonyl (C=O) groups is 1. The van der Waals surface area contributed by atoms with E-state index >= 15 is 0 Å². The van der Waals surface area contributed by atoms with Crippen molar-refractivity contribution in [1.29, 1.82) is 0 Å². The number of halogens is 1. The number of hydrogen-bond donors (Lipinski definition) is 3. The molecule has 0 aliphatic carbocycles. The maximum absolute atomic E-state index is 12.6. The Balaban J connectivity index is 1.48. The highest BCUT2D eigenvalue weighted by Crippen LogP contribution is 2.33. The molecule has 1 saturated heterocycles. The van der Waals surface area contributed by atoms with Gasteiger partial charge in [-0.3, -0.25) is 9.69 Å². The van der Waals surface area contributed by atoms with E-state index in [2.05, 4.69) is 42.3 Å². The summed E-state index contributed by atoms with van der Waals surface area (Å²) in [5, 5.41) is 9.16. The largest absolute Gasteiger partial charge is 0.495 e. The van der Waals surface area contributed by atoms with Gasteiger partial charge in [-0.05, 0) is 42.5 Å². The van der Waals surface area contributed by atoms with E-state index in [9.17, 15) is 9.18 Å². The second-order valence-corrected chi connectivity index (χ2v) is 8.53. The van der Waals surface area contributed by atoms with Crippen LogP contribution in [0.4, 0.5) is 38.9 Å². The van der Waals surface area contributed by atoms with Crippen LogP contribution in [0.3, 0.4) is 0 Å². The van der Waals surface area contributed by atoms with Gasteiger partial charge < -0.3 is 30.3 Å². The lowest BCUT2D eigenvalue weighted by Gasteiger charge is -2.35. The van der Waals surface area contributed by atoms with Gasteiger partial charge in [-0.2, -0.15) is 4.98 Å². The van der Waals surface area contributed by atoms with Crippen LogP contribution in [0.25, 0.3) is 0 Å². The van der Waals surface area contributed by atoms with Crippen LogP contribution in [-0.4, -0.2) is 74.4 Å². The predicted octanol–water partition coefficient (Wildman–Crippen LogP) is 4.20. The molecule has 0 saturated carbocycles. The van der Waals surface area contributed by atoms with Gasteiger partial charge in [0.1, 0.15) is 24.0 Å². The number of ether oxygens (including phenoxy) is 2. The highest BCUT2D eigenvalue weighted by atomic mass is 19.1. The number of anilines is 6. The fourth-order valence-electron chi connectivity index (χ4n) is 4.15. The molecule has 38 heavy (non-hydrogen) atoms. The number of methoxy groups -OCH3 is 2. The SMILES string of the molecule is C=CC(=O)Nc1ccc(OC)c(Nc2nccc(Nc3ccc(N4CCN(CCF)CC4)cc3OC)n2)c1. The van der Waals surface area contributed by atoms with Crippen molar-refractivity contribution in [3.63, 3.8) is 0 Å². The second kappa shape index (κ2) is 12.7. The molecule has 2 aromatic carbocycles. The normalized spacial score (nSPS) is 13.5. The summed E-state index contributed by atoms with van der Waals surface area (Å²) in [4.78, 5) is 25.0. The van der Waals surface area contributed by atoms with Gasteiger partial charge in [0.05, 0.1) is 25.6 Å². The molecule has 4 rings (SSSR count). The Bertz CT molecular complexity index is 1270. The summed E-state index contributed by atoms with van der Waals surface area (Å²) in [5.74, 6) is 1.81. The summed E-state index contributed by atoms with van der Waals surface area (Å²) in [5.41, 5.74) is 2.96. The zero-order valence-electron chi connectivity index (χ0n) is 21.5. The van der Waals surface area contributed by atoms with Crippen LogP contribution in [0, 0.1) is 0 Å². The highest BCUT2D eigenvalue weighted by molar-refractivity contribution is 5.99. The average molecular weight is 522 g/mol. The van der Waals surface area contributed by atoms with Gasteiger partial charge in [0.2, 0.25) is 11.9 Å². The second-order valence-electron chi connectivity index (χ2n) is 8.53. The van der Waals surface area contributed by atoms with E-state index in [1.807, 2.05) is 18.2 Å². The monoisotopic (exact) mass is 521 g/mol. The third-order valence-electron chi connectivity index (χ3n) is 6.14. The minimum atomic E-state index is -0.317. The number of alkyl halides is 1. The minimum Gasteiger partial charge on any atom is -0.495 e. The molecule has 1 fully saturated rings. The Morgan fingerprint density at radius 2 is 1.82 bits per heavy atom. The summed E-state index contributed by atoms with van der Waals surface area (Å²) < 4.78 is 23.7. The first-order chi connectivity index (χ1) is 18.5. The van der Waals surface area contributed by atoms with E-state index < -0.39 is 0 Å². The zero-order valence-corrected chi connectivity index (χ0v) is 21.5. The zero-order chi connectivity index (χ0) is 26.9. The topological polar surface area (TPSA) is 104 Å². The Labute approximate surface area is 221 Å². The van der Waals surface area contributed by atoms with Crippen LogP contribution in [0.1, 0.15) is 0 Å². The Morgan fingerprint density at radius 1 is 1.03 bits per heavy atom. The summed E-state index contributed by atoms with van der Waals surface area (Å²) in [7, 11) is 3.18. The van der Waals surface area contributed by atoms with Crippen molar-refractivity contribution < 1.29 is 18.7 Å². The molecule has 0 unspecified atom stereocenters. The van der Waals surface area contributed by atoms with E-state index in [-0.39, 0.29) is 12.6 Å². The summed E-state index contributed by atoms with van der Waals surface area (Å²) in [6.45, 7) is 6.97. The lowest BCUT2D eigenvalue weighted by molar-refractivity contribution is -0.111. The number of benzene rings is 2. The number of amides is 1. The summed E-state index contributed by atoms with van der Waals surface area (Å²) >= 11 is 0. The molecule has 11 heteroatoms. The Morgan fingerprint density at radius 3 is 2.53 bits per heavy atom. The molecule has 10 nitrogen and oxygen atoms in total. The van der Waals surface area contributed by atoms with Crippen LogP contribution in [0.5, 0.6) is 11.5 Å². The molecule has 0 atom stereocenters. The number of carbonyl (C=O) groups excluding carboxylic acids is 1. The molecule has 0 spiro atoms. The van der Waals surface area contributed by atoms with Crippen molar-refractivity contribution in [3.8, 4) is 11.5 Å². The molecule has 3 aromatic rings. The Kier molecular flexibility index (Phi) is 8.94. The van der Waals surface area contributed by atoms with E-state index in [0.29, 0.717) is 41.2 Å². The van der Waals surface area contributed by atoms with Crippen molar-refractivity contribution in [3.05, 3.63) is 61.3 Å². The van der Waals surface area contributed by atoms with Gasteiger partial charge in [0, 0.05) is 56.4 Å². The van der Waals surface area contributed by atoms with Gasteiger partial charge in [0.15, 0.2) is 0 Å². The van der Waals surface area contributed by atoms with Crippen LogP contribution in [0.15, 0.2) is 61.3 Å². The Hall–Kier alpha value is -4.38. The molecule has 0 bridgehead atoms. The molecule has 2 heterocycles. The van der Waals surface area contributed by atoms with E-state index in [4.69, 9.17) is 9.47 Å². The van der Waals surface area contributed by atoms with Gasteiger partial charge >= 0.3 is 0 Å². The predicted molar refractivity (Wildman–Crippen MR) is 148 cm³/mol. The minimum absolute atomic E-state index is 0.317. The standard InChI is InChI=1S/C27H32FN7O3/c1-4-26(36)30-19-5-8-23(37-2)22(17-19)32-27-29-11-9-25(33-27)31-21-7-6-20(18-24(21)38-3)35-15-13-34(12-10-28)14-16-35/h4-9,11,17-18H,1,10,12-16H2,2-3H3,(H,30,36)(H2,29,31,32,33). The van der Waals surface area contributed by atoms with Crippen LogP contribution in [-0.2, 0) is 4.79 Å². The van der Waals surface area contributed by atoms with E-state index in [1.54, 1.807) is 44.7 Å². The number of piperazine rings is 1. The first-order valence-corrected chi connectivity index (χ1v) is 12.2. The van der Waals surface area contributed by atoms with Crippen molar-refractivity contribution in [2.75, 3.05) is 74.5 Å². The number of nitrogens with one attached hydrogen (secondary N) is 3. The molecule has 1 aliphatic heterocycles. The van der Waals surface area contributed by atoms with Crippen molar-refractivity contribution in [2.45, 2.75) is 0 Å². The third kappa shape index (κ3) is 6.68. The number of nitrogens with zero attached hydrogens (tertiary/aromatic N) is 4. The first-order valence-electron chi connectivity index (χ1n) is 12.2. The summed E-state index contributed by atoms with van der Waals surface area (Å²) in [6.07, 6.45) is 2.83. The number of hydrogen-bond acceptors (Lipinski definition) is 9. The molecular weight excluding hydrogens is 489 g/mol. The maximum atomic E-state index is 12.6. The summed E-state index contributed by atoms with van der Waals surface area (Å²) in [6, 6.07) is 12.9. The van der Waals surface area contributed by atoms with Crippen molar-refractivity contribution in [1.82, 2.24) is 14.9 Å². The smallest absolute Gasteiger partial charge is 0.247 e. The quantitative estimate of drug-likeness (QED) is 0.320. The molecule has 0 radical (unpaired) electrons. The molecule has 1 aromatic heterocycles. The molecular formula is C27H32FN7O3. The highest BCUT2D eigenvalue weighted by Gasteiger charge is 2.18. The van der Waals surface area contributed by atoms with Gasteiger partial charge in [-0.15, -0.1) is 0 Å². The van der Waals surface area contributed by atoms with Crippen molar-refractivity contribution in [2.24, 2.45) is 0 Å². The lowest BCUT2D eigenvalue weighted by atomic mass is 10.2. The number of rotatable bonds is 11. The third-order valence-corrected chi connectivity index (χ3v) is 6.14. The lowest BCUT2D eigenvalue weighted by Crippen LogP contribution is -2.47. The fourth-order valence-corrected chi connectivity index (χ4v) is 4.15. The van der Waals surface area contributed by atoms with Crippen molar-refractivity contribution >= 4 is 40.4 Å². The average Bonchev–Trinajstić information content (AvgIpc) is 2.94. The maximum Gasteiger partial charge on any atom is 0.247 e. The van der Waals surface area contributed by atoms with Crippen LogP contribution < -0.4 is 30.3 Å². The number of aromatic nitrogens is 2. The van der Waals surface area contributed by atoms with E-state index in [0.717, 1.165) is 37.6 Å². The molecule has 1 amide bonds. The molecule has 1 aliphatic rings. The van der Waals surface area contributed by atoms with E-state index in [1.165, 1.54) is 6.08 Å². The van der Waals surface area contributed by atoms with Gasteiger partial charge in [0.25, 0.3) is 0 Å². The fraction of sp³-hybridized carbons (Fsp3) is 0.296. The molecule has 3 N–H and O–H groups in total. The van der Waals surface area contributed by atoms with Gasteiger partial charge in [-0.25, -0.2) is 9.37 Å².